The second-order valence-corrected chi connectivity index (χ2v) is 3.82. The van der Waals surface area contributed by atoms with Crippen LogP contribution in [0.15, 0.2) is 36.5 Å². The lowest BCUT2D eigenvalue weighted by Gasteiger charge is -2.07. The Morgan fingerprint density at radius 1 is 1.35 bits per heavy atom. The van der Waals surface area contributed by atoms with Crippen LogP contribution in [-0.2, 0) is 0 Å². The predicted molar refractivity (Wildman–Crippen MR) is 71.9 cm³/mol. The van der Waals surface area contributed by atoms with Gasteiger partial charge in [0.25, 0.3) is 5.69 Å². The number of nitro groups is 1. The SMILES string of the molecule is COc1ccc(Nc2ccc(C#N)c([N+](=O)[O-])c2)cn1. The van der Waals surface area contributed by atoms with Crippen molar-refractivity contribution in [2.45, 2.75) is 0 Å². The van der Waals surface area contributed by atoms with Gasteiger partial charge in [-0.25, -0.2) is 4.98 Å². The van der Waals surface area contributed by atoms with Gasteiger partial charge in [0.2, 0.25) is 5.88 Å². The third-order valence-corrected chi connectivity index (χ3v) is 2.55. The van der Waals surface area contributed by atoms with Gasteiger partial charge in [0.05, 0.1) is 23.9 Å². The number of ether oxygens (including phenoxy) is 1. The van der Waals surface area contributed by atoms with Crippen molar-refractivity contribution in [2.24, 2.45) is 0 Å². The number of nitro benzene ring substituents is 1. The van der Waals surface area contributed by atoms with E-state index in [0.717, 1.165) is 0 Å². The van der Waals surface area contributed by atoms with Gasteiger partial charge in [-0.2, -0.15) is 5.26 Å². The van der Waals surface area contributed by atoms with Crippen molar-refractivity contribution in [1.29, 1.82) is 5.26 Å². The first kappa shape index (κ1) is 13.3. The number of nitrogens with one attached hydrogen (secondary N) is 1. The van der Waals surface area contributed by atoms with E-state index in [1.807, 2.05) is 0 Å². The molecule has 1 aromatic heterocycles. The van der Waals surface area contributed by atoms with Gasteiger partial charge < -0.3 is 10.1 Å². The third-order valence-electron chi connectivity index (χ3n) is 2.55. The van der Waals surface area contributed by atoms with E-state index in [1.165, 1.54) is 19.2 Å². The molecule has 0 saturated heterocycles. The topological polar surface area (TPSA) is 101 Å². The summed E-state index contributed by atoms with van der Waals surface area (Å²) in [7, 11) is 1.51. The molecule has 1 N–H and O–H groups in total. The molecule has 0 fully saturated rings. The number of benzene rings is 1. The Morgan fingerprint density at radius 2 is 2.10 bits per heavy atom. The van der Waals surface area contributed by atoms with Crippen molar-refractivity contribution in [2.75, 3.05) is 12.4 Å². The van der Waals surface area contributed by atoms with Crippen LogP contribution in [0.5, 0.6) is 5.88 Å². The zero-order chi connectivity index (χ0) is 14.5. The van der Waals surface area contributed by atoms with Gasteiger partial charge in [-0.05, 0) is 18.2 Å². The average Bonchev–Trinajstić information content (AvgIpc) is 2.48. The van der Waals surface area contributed by atoms with Crippen LogP contribution in [0.3, 0.4) is 0 Å². The first-order chi connectivity index (χ1) is 9.63. The van der Waals surface area contributed by atoms with E-state index >= 15 is 0 Å². The summed E-state index contributed by atoms with van der Waals surface area (Å²) in [6.07, 6.45) is 1.54. The van der Waals surface area contributed by atoms with E-state index in [9.17, 15) is 10.1 Å². The van der Waals surface area contributed by atoms with Crippen molar-refractivity contribution < 1.29 is 9.66 Å². The maximum Gasteiger partial charge on any atom is 0.289 e. The molecule has 2 rings (SSSR count). The first-order valence-electron chi connectivity index (χ1n) is 5.59. The van der Waals surface area contributed by atoms with E-state index in [0.29, 0.717) is 17.3 Å². The summed E-state index contributed by atoms with van der Waals surface area (Å²) in [6.45, 7) is 0. The molecule has 1 heterocycles. The van der Waals surface area contributed by atoms with E-state index < -0.39 is 4.92 Å². The Kier molecular flexibility index (Phi) is 3.77. The molecule has 0 spiro atoms. The van der Waals surface area contributed by atoms with Crippen molar-refractivity contribution >= 4 is 17.1 Å². The number of nitrogens with zero attached hydrogens (tertiary/aromatic N) is 3. The standard InChI is InChI=1S/C13H10N4O3/c1-20-13-5-4-11(8-15-13)16-10-3-2-9(7-14)12(6-10)17(18)19/h2-6,8,16H,1H3. The molecule has 0 saturated carbocycles. The number of anilines is 2. The molecule has 0 atom stereocenters. The molecule has 20 heavy (non-hydrogen) atoms. The predicted octanol–water partition coefficient (Wildman–Crippen LogP) is 2.61. The van der Waals surface area contributed by atoms with E-state index in [1.54, 1.807) is 30.5 Å². The Bertz CT molecular complexity index is 677. The highest BCUT2D eigenvalue weighted by Crippen LogP contribution is 2.25. The second-order valence-electron chi connectivity index (χ2n) is 3.82. The Balaban J connectivity index is 2.27. The van der Waals surface area contributed by atoms with Gasteiger partial charge in [0.15, 0.2) is 0 Å². The van der Waals surface area contributed by atoms with Crippen LogP contribution < -0.4 is 10.1 Å². The third kappa shape index (κ3) is 2.81. The van der Waals surface area contributed by atoms with E-state index in [2.05, 4.69) is 10.3 Å². The highest BCUT2D eigenvalue weighted by atomic mass is 16.6. The molecule has 0 radical (unpaired) electrons. The molecular weight excluding hydrogens is 260 g/mol. The van der Waals surface area contributed by atoms with Gasteiger partial charge in [0.1, 0.15) is 11.6 Å². The number of pyridine rings is 1. The summed E-state index contributed by atoms with van der Waals surface area (Å²) in [4.78, 5) is 14.3. The minimum absolute atomic E-state index is 0.0217. The molecule has 0 unspecified atom stereocenters. The van der Waals surface area contributed by atoms with E-state index in [4.69, 9.17) is 10.00 Å². The summed E-state index contributed by atoms with van der Waals surface area (Å²) < 4.78 is 4.94. The number of rotatable bonds is 4. The van der Waals surface area contributed by atoms with Crippen molar-refractivity contribution in [1.82, 2.24) is 4.98 Å². The Morgan fingerprint density at radius 3 is 2.65 bits per heavy atom. The normalized spacial score (nSPS) is 9.60. The summed E-state index contributed by atoms with van der Waals surface area (Å²) in [5.74, 6) is 0.473. The molecule has 1 aromatic carbocycles. The fourth-order valence-electron chi connectivity index (χ4n) is 1.60. The summed E-state index contributed by atoms with van der Waals surface area (Å²) >= 11 is 0. The smallest absolute Gasteiger partial charge is 0.289 e. The lowest BCUT2D eigenvalue weighted by atomic mass is 10.2. The van der Waals surface area contributed by atoms with Gasteiger partial charge in [-0.3, -0.25) is 10.1 Å². The highest BCUT2D eigenvalue weighted by Gasteiger charge is 2.14. The van der Waals surface area contributed by atoms with E-state index in [-0.39, 0.29) is 11.3 Å². The van der Waals surface area contributed by atoms with Crippen LogP contribution in [0.4, 0.5) is 17.1 Å². The molecule has 0 aliphatic carbocycles. The summed E-state index contributed by atoms with van der Waals surface area (Å²) in [5, 5.41) is 22.6. The largest absolute Gasteiger partial charge is 0.481 e. The van der Waals surface area contributed by atoms with Gasteiger partial charge in [-0.1, -0.05) is 0 Å². The van der Waals surface area contributed by atoms with Crippen LogP contribution in [0.2, 0.25) is 0 Å². The highest BCUT2D eigenvalue weighted by molar-refractivity contribution is 5.65. The number of hydrogen-bond acceptors (Lipinski definition) is 6. The minimum Gasteiger partial charge on any atom is -0.481 e. The van der Waals surface area contributed by atoms with Crippen molar-refractivity contribution in [3.63, 3.8) is 0 Å². The fourth-order valence-corrected chi connectivity index (χ4v) is 1.60. The lowest BCUT2D eigenvalue weighted by molar-refractivity contribution is -0.385. The zero-order valence-corrected chi connectivity index (χ0v) is 10.5. The van der Waals surface area contributed by atoms with Crippen LogP contribution in [-0.4, -0.2) is 17.0 Å². The molecule has 0 aliphatic rings. The van der Waals surface area contributed by atoms with Crippen molar-refractivity contribution in [3.05, 3.63) is 52.2 Å². The number of aromatic nitrogens is 1. The summed E-state index contributed by atoms with van der Waals surface area (Å²) in [6, 6.07) is 9.49. The molecule has 0 aliphatic heterocycles. The zero-order valence-electron chi connectivity index (χ0n) is 10.5. The maximum absolute atomic E-state index is 10.9. The molecule has 7 heteroatoms. The molecule has 2 aromatic rings. The van der Waals surface area contributed by atoms with Crippen LogP contribution in [0.25, 0.3) is 0 Å². The number of nitriles is 1. The minimum atomic E-state index is -0.587. The van der Waals surface area contributed by atoms with Crippen LogP contribution in [0.1, 0.15) is 5.56 Å². The van der Waals surface area contributed by atoms with Crippen LogP contribution in [0, 0.1) is 21.4 Å². The van der Waals surface area contributed by atoms with Gasteiger partial charge in [-0.15, -0.1) is 0 Å². The maximum atomic E-state index is 10.9. The Labute approximate surface area is 114 Å². The average molecular weight is 270 g/mol. The molecule has 0 bridgehead atoms. The van der Waals surface area contributed by atoms with Gasteiger partial charge >= 0.3 is 0 Å². The quantitative estimate of drug-likeness (QED) is 0.676. The summed E-state index contributed by atoms with van der Waals surface area (Å²) in [5.41, 5.74) is 0.944. The van der Waals surface area contributed by atoms with Crippen molar-refractivity contribution in [3.8, 4) is 11.9 Å². The lowest BCUT2D eigenvalue weighted by Crippen LogP contribution is -1.96. The number of methoxy groups -OCH3 is 1. The number of hydrogen-bond donors (Lipinski definition) is 1. The first-order valence-corrected chi connectivity index (χ1v) is 5.59. The fraction of sp³-hybridized carbons (Fsp3) is 0.0769. The molecule has 0 amide bonds. The Hall–Kier alpha value is -3.14. The second kappa shape index (κ2) is 5.67. The molecular formula is C13H10N4O3. The molecule has 100 valence electrons. The van der Waals surface area contributed by atoms with Gasteiger partial charge in [0, 0.05) is 17.8 Å². The van der Waals surface area contributed by atoms with Crippen LogP contribution >= 0.6 is 0 Å². The molecule has 7 nitrogen and oxygen atoms in total. The monoisotopic (exact) mass is 270 g/mol.